The quantitative estimate of drug-likeness (QED) is 0.413. The maximum atomic E-state index is 11.3. The Kier molecular flexibility index (Phi) is 13.4. The summed E-state index contributed by atoms with van der Waals surface area (Å²) in [4.78, 5) is 13.5. The standard InChI is InChI=1S/C15H32N2O2/c1-4-5-14-19-15(18)10-7-6-8-11-16-12-9-13-17(2)3/h16H,4-14H2,1-3H3. The molecule has 0 aliphatic rings. The van der Waals surface area contributed by atoms with Crippen molar-refractivity contribution in [1.29, 1.82) is 0 Å². The lowest BCUT2D eigenvalue weighted by Crippen LogP contribution is -2.22. The lowest BCUT2D eigenvalue weighted by atomic mass is 10.2. The van der Waals surface area contributed by atoms with Crippen LogP contribution in [0, 0.1) is 0 Å². The number of rotatable bonds is 13. The Balaban J connectivity index is 3.11. The second kappa shape index (κ2) is 13.8. The van der Waals surface area contributed by atoms with Gasteiger partial charge in [-0.05, 0) is 59.4 Å². The summed E-state index contributed by atoms with van der Waals surface area (Å²) < 4.78 is 5.11. The highest BCUT2D eigenvalue weighted by molar-refractivity contribution is 5.69. The summed E-state index contributed by atoms with van der Waals surface area (Å²) in [5, 5.41) is 3.43. The number of nitrogens with zero attached hydrogens (tertiary/aromatic N) is 1. The number of hydrogen-bond acceptors (Lipinski definition) is 4. The molecule has 0 amide bonds. The monoisotopic (exact) mass is 272 g/mol. The predicted octanol–water partition coefficient (Wildman–Crippen LogP) is 2.43. The van der Waals surface area contributed by atoms with E-state index < -0.39 is 0 Å². The Morgan fingerprint density at radius 1 is 1.05 bits per heavy atom. The summed E-state index contributed by atoms with van der Waals surface area (Å²) in [5.74, 6) is -0.0348. The van der Waals surface area contributed by atoms with E-state index in [4.69, 9.17) is 4.74 Å². The molecule has 4 nitrogen and oxygen atoms in total. The highest BCUT2D eigenvalue weighted by Gasteiger charge is 2.01. The molecular formula is C15H32N2O2. The SMILES string of the molecule is CCCCOC(=O)CCCCCNCCCN(C)C. The van der Waals surface area contributed by atoms with Gasteiger partial charge >= 0.3 is 5.97 Å². The van der Waals surface area contributed by atoms with E-state index in [1.54, 1.807) is 0 Å². The average Bonchev–Trinajstić information content (AvgIpc) is 2.36. The smallest absolute Gasteiger partial charge is 0.305 e. The second-order valence-electron chi connectivity index (χ2n) is 5.29. The zero-order chi connectivity index (χ0) is 14.3. The van der Waals surface area contributed by atoms with E-state index in [0.717, 1.165) is 51.7 Å². The molecule has 0 aliphatic carbocycles. The second-order valence-corrected chi connectivity index (χ2v) is 5.29. The summed E-state index contributed by atoms with van der Waals surface area (Å²) in [6, 6.07) is 0. The topological polar surface area (TPSA) is 41.6 Å². The summed E-state index contributed by atoms with van der Waals surface area (Å²) in [5.41, 5.74) is 0. The van der Waals surface area contributed by atoms with Crippen LogP contribution in [0.4, 0.5) is 0 Å². The summed E-state index contributed by atoms with van der Waals surface area (Å²) >= 11 is 0. The fourth-order valence-electron chi connectivity index (χ4n) is 1.74. The lowest BCUT2D eigenvalue weighted by Gasteiger charge is -2.09. The van der Waals surface area contributed by atoms with Gasteiger partial charge in [-0.2, -0.15) is 0 Å². The molecule has 0 radical (unpaired) electrons. The van der Waals surface area contributed by atoms with Gasteiger partial charge in [0, 0.05) is 6.42 Å². The highest BCUT2D eigenvalue weighted by Crippen LogP contribution is 2.01. The molecule has 0 aromatic carbocycles. The normalized spacial score (nSPS) is 10.9. The van der Waals surface area contributed by atoms with Crippen LogP contribution in [-0.4, -0.2) is 51.2 Å². The maximum Gasteiger partial charge on any atom is 0.305 e. The third-order valence-corrected chi connectivity index (χ3v) is 2.95. The molecule has 0 heterocycles. The molecule has 0 spiro atoms. The Hall–Kier alpha value is -0.610. The van der Waals surface area contributed by atoms with Crippen molar-refractivity contribution in [2.75, 3.05) is 40.3 Å². The fraction of sp³-hybridized carbons (Fsp3) is 0.933. The van der Waals surface area contributed by atoms with Gasteiger partial charge in [0.05, 0.1) is 6.61 Å². The van der Waals surface area contributed by atoms with Crippen molar-refractivity contribution in [3.8, 4) is 0 Å². The lowest BCUT2D eigenvalue weighted by molar-refractivity contribution is -0.143. The van der Waals surface area contributed by atoms with Crippen LogP contribution < -0.4 is 5.32 Å². The Morgan fingerprint density at radius 3 is 2.47 bits per heavy atom. The van der Waals surface area contributed by atoms with Crippen molar-refractivity contribution < 1.29 is 9.53 Å². The molecule has 0 aromatic heterocycles. The molecule has 0 rings (SSSR count). The van der Waals surface area contributed by atoms with Crippen LogP contribution in [0.25, 0.3) is 0 Å². The van der Waals surface area contributed by atoms with Crippen LogP contribution in [-0.2, 0) is 9.53 Å². The number of carbonyl (C=O) groups is 1. The van der Waals surface area contributed by atoms with E-state index in [1.807, 2.05) is 0 Å². The minimum atomic E-state index is -0.0348. The van der Waals surface area contributed by atoms with Crippen LogP contribution in [0.3, 0.4) is 0 Å². The van der Waals surface area contributed by atoms with Crippen LogP contribution >= 0.6 is 0 Å². The van der Waals surface area contributed by atoms with E-state index in [2.05, 4.69) is 31.2 Å². The first-order valence-electron chi connectivity index (χ1n) is 7.68. The van der Waals surface area contributed by atoms with Gasteiger partial charge in [-0.3, -0.25) is 4.79 Å². The number of esters is 1. The van der Waals surface area contributed by atoms with Crippen molar-refractivity contribution >= 4 is 5.97 Å². The van der Waals surface area contributed by atoms with Gasteiger partial charge in [0.2, 0.25) is 0 Å². The number of ether oxygens (including phenoxy) is 1. The van der Waals surface area contributed by atoms with Crippen LogP contribution in [0.15, 0.2) is 0 Å². The van der Waals surface area contributed by atoms with Gasteiger partial charge < -0.3 is 15.0 Å². The van der Waals surface area contributed by atoms with E-state index in [-0.39, 0.29) is 5.97 Å². The van der Waals surface area contributed by atoms with E-state index in [9.17, 15) is 4.79 Å². The van der Waals surface area contributed by atoms with Gasteiger partial charge in [-0.1, -0.05) is 19.8 Å². The van der Waals surface area contributed by atoms with E-state index >= 15 is 0 Å². The molecule has 0 saturated carbocycles. The Bertz CT molecular complexity index is 208. The molecule has 0 fully saturated rings. The molecule has 0 saturated heterocycles. The third kappa shape index (κ3) is 15.3. The molecule has 0 atom stereocenters. The van der Waals surface area contributed by atoms with Gasteiger partial charge in [-0.25, -0.2) is 0 Å². The Labute approximate surface area is 118 Å². The zero-order valence-corrected chi connectivity index (χ0v) is 13.0. The summed E-state index contributed by atoms with van der Waals surface area (Å²) in [6.45, 7) is 5.95. The van der Waals surface area contributed by atoms with Gasteiger partial charge in [0.25, 0.3) is 0 Å². The van der Waals surface area contributed by atoms with E-state index in [0.29, 0.717) is 13.0 Å². The van der Waals surface area contributed by atoms with Gasteiger partial charge in [0.15, 0.2) is 0 Å². The van der Waals surface area contributed by atoms with Crippen LogP contribution in [0.1, 0.15) is 51.9 Å². The molecule has 0 bridgehead atoms. The summed E-state index contributed by atoms with van der Waals surface area (Å²) in [7, 11) is 4.19. The van der Waals surface area contributed by atoms with E-state index in [1.165, 1.54) is 6.42 Å². The largest absolute Gasteiger partial charge is 0.466 e. The first kappa shape index (κ1) is 18.4. The van der Waals surface area contributed by atoms with Crippen LogP contribution in [0.2, 0.25) is 0 Å². The predicted molar refractivity (Wildman–Crippen MR) is 80.4 cm³/mol. The number of carbonyl (C=O) groups excluding carboxylic acids is 1. The average molecular weight is 272 g/mol. The third-order valence-electron chi connectivity index (χ3n) is 2.95. The minimum Gasteiger partial charge on any atom is -0.466 e. The number of nitrogens with one attached hydrogen (secondary N) is 1. The van der Waals surface area contributed by atoms with Gasteiger partial charge in [-0.15, -0.1) is 0 Å². The molecule has 0 unspecified atom stereocenters. The minimum absolute atomic E-state index is 0.0348. The van der Waals surface area contributed by atoms with Gasteiger partial charge in [0.1, 0.15) is 0 Å². The van der Waals surface area contributed by atoms with Crippen molar-refractivity contribution in [1.82, 2.24) is 10.2 Å². The molecular weight excluding hydrogens is 240 g/mol. The Morgan fingerprint density at radius 2 is 1.79 bits per heavy atom. The molecule has 0 aliphatic heterocycles. The summed E-state index contributed by atoms with van der Waals surface area (Å²) in [6.07, 6.45) is 7.01. The van der Waals surface area contributed by atoms with Crippen molar-refractivity contribution in [2.45, 2.75) is 51.9 Å². The first-order valence-corrected chi connectivity index (χ1v) is 7.68. The molecule has 1 N–H and O–H groups in total. The number of hydrogen-bond donors (Lipinski definition) is 1. The van der Waals surface area contributed by atoms with Crippen LogP contribution in [0.5, 0.6) is 0 Å². The number of unbranched alkanes of at least 4 members (excludes halogenated alkanes) is 3. The molecule has 4 heteroatoms. The fourth-order valence-corrected chi connectivity index (χ4v) is 1.74. The first-order chi connectivity index (χ1) is 9.16. The van der Waals surface area contributed by atoms with Crippen molar-refractivity contribution in [2.24, 2.45) is 0 Å². The van der Waals surface area contributed by atoms with Crippen molar-refractivity contribution in [3.05, 3.63) is 0 Å². The molecule has 19 heavy (non-hydrogen) atoms. The van der Waals surface area contributed by atoms with Crippen molar-refractivity contribution in [3.63, 3.8) is 0 Å². The highest BCUT2D eigenvalue weighted by atomic mass is 16.5. The molecule has 0 aromatic rings. The molecule has 114 valence electrons. The zero-order valence-electron chi connectivity index (χ0n) is 13.0. The maximum absolute atomic E-state index is 11.3.